The highest BCUT2D eigenvalue weighted by Gasteiger charge is 2.27. The molecular weight excluding hydrogens is 425 g/mol. The van der Waals surface area contributed by atoms with Gasteiger partial charge in [-0.05, 0) is 29.8 Å². The van der Waals surface area contributed by atoms with Crippen LogP contribution in [-0.2, 0) is 14.4 Å². The van der Waals surface area contributed by atoms with Crippen LogP contribution in [0, 0.1) is 0 Å². The van der Waals surface area contributed by atoms with Crippen LogP contribution in [0.3, 0.4) is 0 Å². The maximum atomic E-state index is 11.7. The summed E-state index contributed by atoms with van der Waals surface area (Å²) in [6.07, 6.45) is 0.0811. The molecule has 0 saturated carbocycles. The number of nitrogens with one attached hydrogen (secondary N) is 2. The van der Waals surface area contributed by atoms with Crippen molar-refractivity contribution < 1.29 is 14.4 Å². The van der Waals surface area contributed by atoms with E-state index in [4.69, 9.17) is 39.6 Å². The molecule has 2 N–H and O–H groups in total. The number of halogens is 3. The van der Waals surface area contributed by atoms with Gasteiger partial charge >= 0.3 is 0 Å². The van der Waals surface area contributed by atoms with Crippen LogP contribution in [0.15, 0.2) is 47.6 Å². The van der Waals surface area contributed by atoms with E-state index >= 15 is 0 Å². The fourth-order valence-electron chi connectivity index (χ4n) is 2.83. The Morgan fingerprint density at radius 2 is 1.93 bits per heavy atom. The summed E-state index contributed by atoms with van der Waals surface area (Å²) < 4.78 is 0. The molecule has 0 aliphatic carbocycles. The van der Waals surface area contributed by atoms with E-state index in [1.54, 1.807) is 36.4 Å². The molecule has 2 amide bonds. The monoisotopic (exact) mass is 439 g/mol. The van der Waals surface area contributed by atoms with Gasteiger partial charge in [0.15, 0.2) is 10.9 Å². The van der Waals surface area contributed by atoms with Crippen molar-refractivity contribution in [2.45, 2.75) is 24.3 Å². The first-order chi connectivity index (χ1) is 13.3. The van der Waals surface area contributed by atoms with Crippen LogP contribution in [-0.4, -0.2) is 22.4 Å². The van der Waals surface area contributed by atoms with Gasteiger partial charge in [-0.15, -0.1) is 0 Å². The van der Waals surface area contributed by atoms with E-state index in [9.17, 15) is 9.59 Å². The average Bonchev–Trinajstić information content (AvgIpc) is 3.11. The number of carbonyl (C=O) groups excluding carboxylic acids is 2. The highest BCUT2D eigenvalue weighted by atomic mass is 35.5. The largest absolute Gasteiger partial charge is 0.387 e. The smallest absolute Gasteiger partial charge is 0.257 e. The zero-order valence-electron chi connectivity index (χ0n) is 14.7. The molecule has 0 radical (unpaired) electrons. The molecule has 1 aliphatic rings. The molecule has 0 fully saturated rings. The quantitative estimate of drug-likeness (QED) is 0.649. The summed E-state index contributed by atoms with van der Waals surface area (Å²) in [5, 5.41) is 10.0. The Kier molecular flexibility index (Phi) is 6.44. The molecule has 1 aliphatic heterocycles. The number of hydrogen-bond donors (Lipinski definition) is 2. The lowest BCUT2D eigenvalue weighted by Gasteiger charge is -2.13. The lowest BCUT2D eigenvalue weighted by molar-refractivity contribution is -0.115. The minimum absolute atomic E-state index is 0.208. The Labute approximate surface area is 176 Å². The molecule has 6 nitrogen and oxygen atoms in total. The van der Waals surface area contributed by atoms with E-state index in [-0.39, 0.29) is 12.0 Å². The van der Waals surface area contributed by atoms with E-state index in [0.29, 0.717) is 34.1 Å². The van der Waals surface area contributed by atoms with Gasteiger partial charge in [-0.3, -0.25) is 9.59 Å². The van der Waals surface area contributed by atoms with E-state index < -0.39 is 10.7 Å². The normalized spacial score (nSPS) is 15.8. The van der Waals surface area contributed by atoms with Gasteiger partial charge in [-0.1, -0.05) is 58.2 Å². The van der Waals surface area contributed by atoms with Crippen LogP contribution < -0.4 is 10.6 Å². The van der Waals surface area contributed by atoms with Crippen molar-refractivity contribution in [3.8, 4) is 0 Å². The SMILES string of the molecule is CC(=O)Nc1cccc(Cl)c1C1=NOC(c2cccc(NC(=O)C(Cl)Cl)c2)C1. The molecule has 2 aromatic rings. The van der Waals surface area contributed by atoms with Gasteiger partial charge in [-0.2, -0.15) is 0 Å². The van der Waals surface area contributed by atoms with Crippen molar-refractivity contribution in [1.82, 2.24) is 0 Å². The summed E-state index contributed by atoms with van der Waals surface area (Å²) in [6.45, 7) is 1.42. The fraction of sp³-hybridized carbons (Fsp3) is 0.211. The predicted octanol–water partition coefficient (Wildman–Crippen LogP) is 4.91. The first-order valence-electron chi connectivity index (χ1n) is 8.33. The predicted molar refractivity (Wildman–Crippen MR) is 111 cm³/mol. The lowest BCUT2D eigenvalue weighted by Crippen LogP contribution is -2.18. The maximum Gasteiger partial charge on any atom is 0.257 e. The van der Waals surface area contributed by atoms with Crippen LogP contribution in [0.5, 0.6) is 0 Å². The second-order valence-electron chi connectivity index (χ2n) is 6.10. The van der Waals surface area contributed by atoms with E-state index in [0.717, 1.165) is 5.56 Å². The first kappa shape index (κ1) is 20.5. The van der Waals surface area contributed by atoms with E-state index in [2.05, 4.69) is 15.8 Å². The zero-order chi connectivity index (χ0) is 20.3. The third-order valence-electron chi connectivity index (χ3n) is 4.01. The van der Waals surface area contributed by atoms with Gasteiger partial charge in [0.2, 0.25) is 5.91 Å². The van der Waals surface area contributed by atoms with Crippen molar-refractivity contribution in [2.75, 3.05) is 10.6 Å². The van der Waals surface area contributed by atoms with Gasteiger partial charge in [-0.25, -0.2) is 0 Å². The summed E-state index contributed by atoms with van der Waals surface area (Å²) in [5.74, 6) is -0.722. The summed E-state index contributed by atoms with van der Waals surface area (Å²) in [6, 6.07) is 12.3. The van der Waals surface area contributed by atoms with Crippen LogP contribution in [0.2, 0.25) is 5.02 Å². The Morgan fingerprint density at radius 3 is 2.64 bits per heavy atom. The topological polar surface area (TPSA) is 79.8 Å². The van der Waals surface area contributed by atoms with Crippen LogP contribution in [0.1, 0.15) is 30.6 Å². The number of nitrogens with zero attached hydrogens (tertiary/aromatic N) is 1. The standard InChI is InChI=1S/C19H16Cl3N3O3/c1-10(26)23-14-7-3-6-13(20)17(14)15-9-16(28-25-15)11-4-2-5-12(8-11)24-19(27)18(21)22/h2-8,16,18H,9H2,1H3,(H,23,26)(H,24,27). The molecule has 1 heterocycles. The fourth-order valence-corrected chi connectivity index (χ4v) is 3.22. The number of anilines is 2. The minimum Gasteiger partial charge on any atom is -0.387 e. The molecule has 1 atom stereocenters. The van der Waals surface area contributed by atoms with Gasteiger partial charge < -0.3 is 15.5 Å². The second-order valence-corrected chi connectivity index (χ2v) is 7.60. The van der Waals surface area contributed by atoms with Gasteiger partial charge in [0.25, 0.3) is 5.91 Å². The Hall–Kier alpha value is -2.28. The molecule has 1 unspecified atom stereocenters. The number of carbonyl (C=O) groups is 2. The Bertz CT molecular complexity index is 947. The van der Waals surface area contributed by atoms with Crippen molar-refractivity contribution in [1.29, 1.82) is 0 Å². The van der Waals surface area contributed by atoms with E-state index in [1.807, 2.05) is 6.07 Å². The number of hydrogen-bond acceptors (Lipinski definition) is 4. The molecule has 0 bridgehead atoms. The number of benzene rings is 2. The first-order valence-corrected chi connectivity index (χ1v) is 9.58. The summed E-state index contributed by atoms with van der Waals surface area (Å²) in [4.78, 5) is 27.6. The van der Waals surface area contributed by atoms with E-state index in [1.165, 1.54) is 6.92 Å². The third kappa shape index (κ3) is 4.76. The number of rotatable bonds is 5. The molecule has 0 saturated heterocycles. The Balaban J connectivity index is 1.79. The molecule has 28 heavy (non-hydrogen) atoms. The van der Waals surface area contributed by atoms with Gasteiger partial charge in [0, 0.05) is 24.6 Å². The van der Waals surface area contributed by atoms with Gasteiger partial charge in [0.05, 0.1) is 16.4 Å². The maximum absolute atomic E-state index is 11.7. The highest BCUT2D eigenvalue weighted by Crippen LogP contribution is 2.35. The van der Waals surface area contributed by atoms with Crippen LogP contribution in [0.25, 0.3) is 0 Å². The van der Waals surface area contributed by atoms with Crippen molar-refractivity contribution in [2.24, 2.45) is 5.16 Å². The molecular formula is C19H16Cl3N3O3. The van der Waals surface area contributed by atoms with Crippen molar-refractivity contribution in [3.63, 3.8) is 0 Å². The van der Waals surface area contributed by atoms with Gasteiger partial charge in [0.1, 0.15) is 0 Å². The summed E-state index contributed by atoms with van der Waals surface area (Å²) >= 11 is 17.5. The van der Waals surface area contributed by atoms with Crippen molar-refractivity contribution in [3.05, 3.63) is 58.6 Å². The summed E-state index contributed by atoms with van der Waals surface area (Å²) in [7, 11) is 0. The molecule has 0 spiro atoms. The molecule has 9 heteroatoms. The molecule has 146 valence electrons. The molecule has 0 aromatic heterocycles. The van der Waals surface area contributed by atoms with Crippen molar-refractivity contribution >= 4 is 63.7 Å². The lowest BCUT2D eigenvalue weighted by atomic mass is 9.98. The third-order valence-corrected chi connectivity index (χ3v) is 4.72. The van der Waals surface area contributed by atoms with Crippen LogP contribution >= 0.6 is 34.8 Å². The average molecular weight is 441 g/mol. The zero-order valence-corrected chi connectivity index (χ0v) is 17.0. The minimum atomic E-state index is -1.16. The Morgan fingerprint density at radius 1 is 1.18 bits per heavy atom. The molecule has 2 aromatic carbocycles. The number of alkyl halides is 2. The summed E-state index contributed by atoms with van der Waals surface area (Å²) in [5.41, 5.74) is 3.17. The highest BCUT2D eigenvalue weighted by molar-refractivity contribution is 6.54. The van der Waals surface area contributed by atoms with Crippen LogP contribution in [0.4, 0.5) is 11.4 Å². The number of amides is 2. The molecule has 3 rings (SSSR count). The number of oxime groups is 1. The second kappa shape index (κ2) is 8.82.